The first-order valence-corrected chi connectivity index (χ1v) is 10.4. The number of aromatic nitrogens is 2. The Kier molecular flexibility index (Phi) is 5.22. The van der Waals surface area contributed by atoms with Gasteiger partial charge in [0.1, 0.15) is 5.01 Å². The van der Waals surface area contributed by atoms with E-state index in [4.69, 9.17) is 4.98 Å². The summed E-state index contributed by atoms with van der Waals surface area (Å²) in [5.41, 5.74) is 3.61. The Morgan fingerprint density at radius 2 is 1.44 bits per heavy atom. The van der Waals surface area contributed by atoms with Gasteiger partial charge in [0, 0.05) is 55.6 Å². The molecule has 4 rings (SSSR count). The van der Waals surface area contributed by atoms with E-state index in [2.05, 4.69) is 56.7 Å². The Balaban J connectivity index is 1.29. The van der Waals surface area contributed by atoms with Crippen LogP contribution in [0.3, 0.4) is 0 Å². The summed E-state index contributed by atoms with van der Waals surface area (Å²) in [4.78, 5) is 14.4. The van der Waals surface area contributed by atoms with Gasteiger partial charge in [-0.25, -0.2) is 9.97 Å². The molecule has 2 aromatic heterocycles. The molecule has 3 heterocycles. The summed E-state index contributed by atoms with van der Waals surface area (Å²) in [6.45, 7) is 8.41. The number of benzene rings is 1. The van der Waals surface area contributed by atoms with Crippen molar-refractivity contribution in [3.63, 3.8) is 0 Å². The summed E-state index contributed by atoms with van der Waals surface area (Å²) in [5, 5.41) is 6.66. The standard InChI is InChI=1S/C19H22N4S2/c1-15-20-17(13-24-15)11-22-7-9-23(10-8-22)12-18-14-25-19(21-18)16-5-3-2-4-6-16/h2-6,13-14H,7-12H2,1H3. The summed E-state index contributed by atoms with van der Waals surface area (Å²) in [6.07, 6.45) is 0. The van der Waals surface area contributed by atoms with Crippen LogP contribution in [0, 0.1) is 6.92 Å². The molecule has 6 heteroatoms. The minimum Gasteiger partial charge on any atom is -0.295 e. The number of thiazole rings is 2. The highest BCUT2D eigenvalue weighted by molar-refractivity contribution is 7.13. The molecule has 1 fully saturated rings. The van der Waals surface area contributed by atoms with Crippen LogP contribution < -0.4 is 0 Å². The molecule has 1 aliphatic rings. The van der Waals surface area contributed by atoms with Gasteiger partial charge in [0.2, 0.25) is 0 Å². The van der Waals surface area contributed by atoms with Gasteiger partial charge in [0.05, 0.1) is 16.4 Å². The second-order valence-corrected chi connectivity index (χ2v) is 8.34. The van der Waals surface area contributed by atoms with Gasteiger partial charge in [-0.2, -0.15) is 0 Å². The van der Waals surface area contributed by atoms with Crippen LogP contribution in [0.25, 0.3) is 10.6 Å². The van der Waals surface area contributed by atoms with Crippen LogP contribution in [-0.2, 0) is 13.1 Å². The lowest BCUT2D eigenvalue weighted by Crippen LogP contribution is -2.45. The minimum absolute atomic E-state index is 0.951. The first kappa shape index (κ1) is 16.8. The Morgan fingerprint density at radius 1 is 0.840 bits per heavy atom. The highest BCUT2D eigenvalue weighted by atomic mass is 32.1. The minimum atomic E-state index is 0.951. The van der Waals surface area contributed by atoms with Gasteiger partial charge < -0.3 is 0 Å². The first-order chi connectivity index (χ1) is 12.3. The van der Waals surface area contributed by atoms with Gasteiger partial charge in [-0.3, -0.25) is 9.80 Å². The third-order valence-electron chi connectivity index (χ3n) is 4.48. The van der Waals surface area contributed by atoms with Gasteiger partial charge in [0.15, 0.2) is 0 Å². The molecule has 0 radical (unpaired) electrons. The van der Waals surface area contributed by atoms with E-state index >= 15 is 0 Å². The molecule has 4 nitrogen and oxygen atoms in total. The smallest absolute Gasteiger partial charge is 0.123 e. The molecule has 130 valence electrons. The predicted molar refractivity (Wildman–Crippen MR) is 105 cm³/mol. The highest BCUT2D eigenvalue weighted by Crippen LogP contribution is 2.24. The fourth-order valence-corrected chi connectivity index (χ4v) is 4.56. The van der Waals surface area contributed by atoms with Crippen LogP contribution in [0.2, 0.25) is 0 Å². The predicted octanol–water partition coefficient (Wildman–Crippen LogP) is 3.89. The average molecular weight is 371 g/mol. The van der Waals surface area contributed by atoms with Crippen molar-refractivity contribution in [1.82, 2.24) is 19.8 Å². The SMILES string of the molecule is Cc1nc(CN2CCN(Cc3csc(-c4ccccc4)n3)CC2)cs1. The molecule has 1 aromatic carbocycles. The molecular formula is C19H22N4S2. The van der Waals surface area contributed by atoms with Crippen molar-refractivity contribution in [3.05, 3.63) is 57.5 Å². The van der Waals surface area contributed by atoms with E-state index < -0.39 is 0 Å². The molecule has 0 unspecified atom stereocenters. The Labute approximate surface area is 156 Å². The first-order valence-electron chi connectivity index (χ1n) is 8.62. The van der Waals surface area contributed by atoms with E-state index in [1.165, 1.54) is 17.0 Å². The van der Waals surface area contributed by atoms with Crippen LogP contribution in [0.4, 0.5) is 0 Å². The summed E-state index contributed by atoms with van der Waals surface area (Å²) >= 11 is 3.48. The van der Waals surface area contributed by atoms with E-state index in [-0.39, 0.29) is 0 Å². The van der Waals surface area contributed by atoms with E-state index in [1.807, 2.05) is 6.07 Å². The number of hydrogen-bond acceptors (Lipinski definition) is 6. The topological polar surface area (TPSA) is 32.3 Å². The molecule has 0 N–H and O–H groups in total. The van der Waals surface area contributed by atoms with Crippen molar-refractivity contribution in [3.8, 4) is 10.6 Å². The summed E-state index contributed by atoms with van der Waals surface area (Å²) in [7, 11) is 0. The maximum Gasteiger partial charge on any atom is 0.123 e. The van der Waals surface area contributed by atoms with Crippen molar-refractivity contribution >= 4 is 22.7 Å². The van der Waals surface area contributed by atoms with Crippen LogP contribution in [0.5, 0.6) is 0 Å². The maximum absolute atomic E-state index is 4.82. The largest absolute Gasteiger partial charge is 0.295 e. The van der Waals surface area contributed by atoms with Crippen LogP contribution >= 0.6 is 22.7 Å². The lowest BCUT2D eigenvalue weighted by atomic mass is 10.2. The van der Waals surface area contributed by atoms with Crippen molar-refractivity contribution in [2.75, 3.05) is 26.2 Å². The van der Waals surface area contributed by atoms with Crippen LogP contribution in [0.1, 0.15) is 16.4 Å². The number of aryl methyl sites for hydroxylation is 1. The summed E-state index contributed by atoms with van der Waals surface area (Å²) < 4.78 is 0. The molecule has 0 atom stereocenters. The van der Waals surface area contributed by atoms with Gasteiger partial charge >= 0.3 is 0 Å². The number of hydrogen-bond donors (Lipinski definition) is 0. The second-order valence-electron chi connectivity index (χ2n) is 6.42. The Hall–Kier alpha value is -1.60. The Morgan fingerprint density at radius 3 is 2.04 bits per heavy atom. The van der Waals surface area contributed by atoms with Crippen molar-refractivity contribution in [2.45, 2.75) is 20.0 Å². The fraction of sp³-hybridized carbons (Fsp3) is 0.368. The zero-order chi connectivity index (χ0) is 17.1. The third-order valence-corrected chi connectivity index (χ3v) is 6.24. The summed E-state index contributed by atoms with van der Waals surface area (Å²) in [5.74, 6) is 0. The molecule has 0 spiro atoms. The maximum atomic E-state index is 4.82. The number of piperazine rings is 1. The van der Waals surface area contributed by atoms with Crippen molar-refractivity contribution < 1.29 is 0 Å². The summed E-state index contributed by atoms with van der Waals surface area (Å²) in [6, 6.07) is 10.4. The highest BCUT2D eigenvalue weighted by Gasteiger charge is 2.18. The molecule has 0 bridgehead atoms. The van der Waals surface area contributed by atoms with Gasteiger partial charge in [-0.15, -0.1) is 22.7 Å². The number of nitrogens with zero attached hydrogens (tertiary/aromatic N) is 4. The van der Waals surface area contributed by atoms with E-state index in [0.717, 1.165) is 49.3 Å². The second kappa shape index (κ2) is 7.74. The Bertz CT molecular complexity index is 804. The third kappa shape index (κ3) is 4.33. The molecular weight excluding hydrogens is 348 g/mol. The van der Waals surface area contributed by atoms with Crippen molar-refractivity contribution in [2.24, 2.45) is 0 Å². The molecule has 0 amide bonds. The molecule has 25 heavy (non-hydrogen) atoms. The average Bonchev–Trinajstić information content (AvgIpc) is 3.27. The molecule has 0 saturated carbocycles. The monoisotopic (exact) mass is 370 g/mol. The van der Waals surface area contributed by atoms with Gasteiger partial charge in [-0.05, 0) is 6.92 Å². The quantitative estimate of drug-likeness (QED) is 0.682. The van der Waals surface area contributed by atoms with Gasteiger partial charge in [0.25, 0.3) is 0 Å². The molecule has 3 aromatic rings. The van der Waals surface area contributed by atoms with E-state index in [9.17, 15) is 0 Å². The fourth-order valence-electron chi connectivity index (χ4n) is 3.14. The zero-order valence-electron chi connectivity index (χ0n) is 14.4. The molecule has 1 aliphatic heterocycles. The zero-order valence-corrected chi connectivity index (χ0v) is 16.0. The van der Waals surface area contributed by atoms with Gasteiger partial charge in [-0.1, -0.05) is 30.3 Å². The lowest BCUT2D eigenvalue weighted by molar-refractivity contribution is 0.120. The van der Waals surface area contributed by atoms with Crippen LogP contribution in [0.15, 0.2) is 41.1 Å². The lowest BCUT2D eigenvalue weighted by Gasteiger charge is -2.33. The normalized spacial score (nSPS) is 16.4. The number of rotatable bonds is 5. The molecule has 0 aliphatic carbocycles. The molecule has 1 saturated heterocycles. The van der Waals surface area contributed by atoms with Crippen LogP contribution in [-0.4, -0.2) is 45.9 Å². The van der Waals surface area contributed by atoms with E-state index in [0.29, 0.717) is 0 Å². The van der Waals surface area contributed by atoms with E-state index in [1.54, 1.807) is 22.7 Å². The van der Waals surface area contributed by atoms with Crippen molar-refractivity contribution in [1.29, 1.82) is 0 Å².